The van der Waals surface area contributed by atoms with Gasteiger partial charge in [0.1, 0.15) is 5.75 Å². The molecule has 0 bridgehead atoms. The van der Waals surface area contributed by atoms with Gasteiger partial charge in [0.15, 0.2) is 6.79 Å². The van der Waals surface area contributed by atoms with E-state index in [4.69, 9.17) is 9.47 Å². The average molecular weight is 164 g/mol. The molecule has 0 radical (unpaired) electrons. The maximum atomic E-state index is 5.20. The van der Waals surface area contributed by atoms with E-state index in [9.17, 15) is 0 Å². The van der Waals surface area contributed by atoms with Crippen molar-refractivity contribution in [1.29, 1.82) is 0 Å². The van der Waals surface area contributed by atoms with Gasteiger partial charge >= 0.3 is 0 Å². The maximum absolute atomic E-state index is 5.20. The Balaban J connectivity index is 2.58. The molecule has 2 heteroatoms. The molecule has 0 saturated carbocycles. The van der Waals surface area contributed by atoms with Gasteiger partial charge in [0, 0.05) is 7.11 Å². The molecule has 0 N–H and O–H groups in total. The molecule has 0 amide bonds. The van der Waals surface area contributed by atoms with Crippen LogP contribution in [0.2, 0.25) is 0 Å². The van der Waals surface area contributed by atoms with E-state index in [0.717, 1.165) is 11.3 Å². The third-order valence-electron chi connectivity index (χ3n) is 1.46. The van der Waals surface area contributed by atoms with E-state index < -0.39 is 0 Å². The first-order valence-electron chi connectivity index (χ1n) is 3.71. The number of hydrogen-bond donors (Lipinski definition) is 0. The first-order valence-corrected chi connectivity index (χ1v) is 3.71. The number of benzene rings is 1. The van der Waals surface area contributed by atoms with Gasteiger partial charge in [-0.05, 0) is 17.7 Å². The van der Waals surface area contributed by atoms with E-state index in [1.54, 1.807) is 13.2 Å². The van der Waals surface area contributed by atoms with Crippen LogP contribution in [-0.4, -0.2) is 13.9 Å². The van der Waals surface area contributed by atoms with Crippen molar-refractivity contribution in [3.63, 3.8) is 0 Å². The van der Waals surface area contributed by atoms with Crippen LogP contribution < -0.4 is 4.74 Å². The zero-order valence-corrected chi connectivity index (χ0v) is 7.12. The molecule has 64 valence electrons. The Kier molecular flexibility index (Phi) is 3.35. The Hall–Kier alpha value is -1.28. The first kappa shape index (κ1) is 8.81. The Morgan fingerprint density at radius 3 is 2.50 bits per heavy atom. The van der Waals surface area contributed by atoms with E-state index in [2.05, 4.69) is 6.58 Å². The molecule has 0 saturated heterocycles. The van der Waals surface area contributed by atoms with Crippen LogP contribution in [-0.2, 0) is 4.74 Å². The van der Waals surface area contributed by atoms with Crippen molar-refractivity contribution >= 4 is 6.08 Å². The molecule has 0 unspecified atom stereocenters. The largest absolute Gasteiger partial charge is 0.468 e. The highest BCUT2D eigenvalue weighted by atomic mass is 16.7. The number of rotatable bonds is 4. The third kappa shape index (κ3) is 2.40. The molecular weight excluding hydrogens is 152 g/mol. The molecule has 1 aromatic rings. The second-order valence-electron chi connectivity index (χ2n) is 2.32. The lowest BCUT2D eigenvalue weighted by atomic mass is 10.2. The molecule has 0 heterocycles. The lowest BCUT2D eigenvalue weighted by Crippen LogP contribution is -1.98. The van der Waals surface area contributed by atoms with E-state index in [1.165, 1.54) is 0 Å². The van der Waals surface area contributed by atoms with Crippen LogP contribution in [0.3, 0.4) is 0 Å². The van der Waals surface area contributed by atoms with Gasteiger partial charge in [-0.2, -0.15) is 0 Å². The van der Waals surface area contributed by atoms with Gasteiger partial charge in [-0.15, -0.1) is 0 Å². The minimum absolute atomic E-state index is 0.285. The summed E-state index contributed by atoms with van der Waals surface area (Å²) in [6.07, 6.45) is 1.79. The number of ether oxygens (including phenoxy) is 2. The van der Waals surface area contributed by atoms with Crippen LogP contribution in [0.15, 0.2) is 30.8 Å². The van der Waals surface area contributed by atoms with Gasteiger partial charge in [0.2, 0.25) is 0 Å². The minimum Gasteiger partial charge on any atom is -0.468 e. The van der Waals surface area contributed by atoms with Crippen LogP contribution >= 0.6 is 0 Å². The summed E-state index contributed by atoms with van der Waals surface area (Å²) in [5.41, 5.74) is 1.08. The van der Waals surface area contributed by atoms with Crippen molar-refractivity contribution in [3.8, 4) is 5.75 Å². The highest BCUT2D eigenvalue weighted by molar-refractivity contribution is 5.48. The van der Waals surface area contributed by atoms with Crippen molar-refractivity contribution in [2.75, 3.05) is 13.9 Å². The topological polar surface area (TPSA) is 18.5 Å². The quantitative estimate of drug-likeness (QED) is 0.636. The fourth-order valence-electron chi connectivity index (χ4n) is 0.827. The molecule has 0 atom stereocenters. The summed E-state index contributed by atoms with van der Waals surface area (Å²) in [4.78, 5) is 0. The highest BCUT2D eigenvalue weighted by Crippen LogP contribution is 2.12. The summed E-state index contributed by atoms with van der Waals surface area (Å²) in [7, 11) is 1.60. The number of hydrogen-bond acceptors (Lipinski definition) is 2. The van der Waals surface area contributed by atoms with E-state index in [0.29, 0.717) is 0 Å². The van der Waals surface area contributed by atoms with Crippen LogP contribution in [0, 0.1) is 0 Å². The lowest BCUT2D eigenvalue weighted by Gasteiger charge is -2.03. The van der Waals surface area contributed by atoms with Gasteiger partial charge < -0.3 is 9.47 Å². The van der Waals surface area contributed by atoms with Crippen molar-refractivity contribution in [3.05, 3.63) is 36.4 Å². The molecule has 0 aliphatic rings. The highest BCUT2D eigenvalue weighted by Gasteiger charge is 1.90. The second-order valence-corrected chi connectivity index (χ2v) is 2.32. The summed E-state index contributed by atoms with van der Waals surface area (Å²) in [5.74, 6) is 0.808. The predicted octanol–water partition coefficient (Wildman–Crippen LogP) is 2.31. The monoisotopic (exact) mass is 164 g/mol. The Bertz CT molecular complexity index is 239. The standard InChI is InChI=1S/C10H12O2/c1-3-9-4-6-10(7-5-9)12-8-11-2/h3-7H,1,8H2,2H3. The SMILES string of the molecule is C=Cc1ccc(OCOC)cc1. The van der Waals surface area contributed by atoms with Crippen molar-refractivity contribution in [2.45, 2.75) is 0 Å². The zero-order chi connectivity index (χ0) is 8.81. The van der Waals surface area contributed by atoms with Crippen molar-refractivity contribution in [1.82, 2.24) is 0 Å². The summed E-state index contributed by atoms with van der Waals surface area (Å²) in [5, 5.41) is 0. The van der Waals surface area contributed by atoms with Gasteiger partial charge in [-0.25, -0.2) is 0 Å². The van der Waals surface area contributed by atoms with Crippen LogP contribution in [0.5, 0.6) is 5.75 Å². The summed E-state index contributed by atoms with van der Waals surface area (Å²) in [6, 6.07) is 7.65. The summed E-state index contributed by atoms with van der Waals surface area (Å²) >= 11 is 0. The smallest absolute Gasteiger partial charge is 0.188 e. The van der Waals surface area contributed by atoms with Gasteiger partial charge in [0.25, 0.3) is 0 Å². The molecule has 12 heavy (non-hydrogen) atoms. The molecule has 0 aromatic heterocycles. The van der Waals surface area contributed by atoms with E-state index in [1.807, 2.05) is 24.3 Å². The normalized spacial score (nSPS) is 9.42. The van der Waals surface area contributed by atoms with Crippen LogP contribution in [0.4, 0.5) is 0 Å². The first-order chi connectivity index (χ1) is 5.86. The zero-order valence-electron chi connectivity index (χ0n) is 7.12. The van der Waals surface area contributed by atoms with Crippen LogP contribution in [0.25, 0.3) is 6.08 Å². The Labute approximate surface area is 72.4 Å². The minimum atomic E-state index is 0.285. The van der Waals surface area contributed by atoms with Crippen molar-refractivity contribution in [2.24, 2.45) is 0 Å². The molecular formula is C10H12O2. The molecule has 2 nitrogen and oxygen atoms in total. The molecule has 1 aromatic carbocycles. The molecule has 0 spiro atoms. The van der Waals surface area contributed by atoms with Gasteiger partial charge in [-0.1, -0.05) is 24.8 Å². The van der Waals surface area contributed by atoms with Crippen molar-refractivity contribution < 1.29 is 9.47 Å². The fraction of sp³-hybridized carbons (Fsp3) is 0.200. The van der Waals surface area contributed by atoms with Gasteiger partial charge in [-0.3, -0.25) is 0 Å². The molecule has 0 fully saturated rings. The average Bonchev–Trinajstić information content (AvgIpc) is 2.15. The molecule has 0 aliphatic carbocycles. The van der Waals surface area contributed by atoms with Crippen LogP contribution in [0.1, 0.15) is 5.56 Å². The molecule has 0 aliphatic heterocycles. The molecule has 1 rings (SSSR count). The van der Waals surface area contributed by atoms with E-state index >= 15 is 0 Å². The summed E-state index contributed by atoms with van der Waals surface area (Å²) < 4.78 is 9.96. The fourth-order valence-corrected chi connectivity index (χ4v) is 0.827. The second kappa shape index (κ2) is 4.57. The third-order valence-corrected chi connectivity index (χ3v) is 1.46. The van der Waals surface area contributed by atoms with Gasteiger partial charge in [0.05, 0.1) is 0 Å². The lowest BCUT2D eigenvalue weighted by molar-refractivity contribution is 0.0511. The number of methoxy groups -OCH3 is 1. The predicted molar refractivity (Wildman–Crippen MR) is 49.0 cm³/mol. The Morgan fingerprint density at radius 1 is 1.33 bits per heavy atom. The Morgan fingerprint density at radius 2 is 2.00 bits per heavy atom. The summed E-state index contributed by atoms with van der Waals surface area (Å²) in [6.45, 7) is 3.94. The maximum Gasteiger partial charge on any atom is 0.188 e. The van der Waals surface area contributed by atoms with E-state index in [-0.39, 0.29) is 6.79 Å².